The third-order valence-corrected chi connectivity index (χ3v) is 3.88. The maximum Gasteiger partial charge on any atom is 0.124 e. The van der Waals surface area contributed by atoms with Crippen LogP contribution in [0.15, 0.2) is 48.5 Å². The molecule has 1 aliphatic rings. The summed E-state index contributed by atoms with van der Waals surface area (Å²) in [4.78, 5) is 0. The normalized spacial score (nSPS) is 20.0. The minimum atomic E-state index is 0.247. The van der Waals surface area contributed by atoms with Crippen LogP contribution >= 0.6 is 0 Å². The Morgan fingerprint density at radius 2 is 1.95 bits per heavy atom. The van der Waals surface area contributed by atoms with Gasteiger partial charge in [0.25, 0.3) is 0 Å². The predicted molar refractivity (Wildman–Crippen MR) is 83.2 cm³/mol. The summed E-state index contributed by atoms with van der Waals surface area (Å²) in [6.07, 6.45) is 0.455. The third-order valence-electron chi connectivity index (χ3n) is 3.88. The van der Waals surface area contributed by atoms with Crippen molar-refractivity contribution in [2.24, 2.45) is 5.92 Å². The Kier molecular flexibility index (Phi) is 3.79. The van der Waals surface area contributed by atoms with Crippen LogP contribution in [0.4, 0.5) is 5.69 Å². The van der Waals surface area contributed by atoms with Crippen molar-refractivity contribution in [3.8, 4) is 11.8 Å². The molecule has 2 aromatic carbocycles. The van der Waals surface area contributed by atoms with Crippen molar-refractivity contribution in [3.63, 3.8) is 0 Å². The summed E-state index contributed by atoms with van der Waals surface area (Å²) in [5, 5.41) is 12.3. The van der Waals surface area contributed by atoms with Crippen molar-refractivity contribution in [1.82, 2.24) is 0 Å². The lowest BCUT2D eigenvalue weighted by molar-refractivity contribution is 0.214. The van der Waals surface area contributed by atoms with Crippen LogP contribution < -0.4 is 10.1 Å². The zero-order valence-electron chi connectivity index (χ0n) is 12.0. The van der Waals surface area contributed by atoms with E-state index < -0.39 is 0 Å². The quantitative estimate of drug-likeness (QED) is 0.925. The maximum absolute atomic E-state index is 8.71. The highest BCUT2D eigenvalue weighted by atomic mass is 16.5. The molecule has 0 radical (unpaired) electrons. The summed E-state index contributed by atoms with van der Waals surface area (Å²) in [5.74, 6) is 1.37. The molecule has 21 heavy (non-hydrogen) atoms. The first-order valence-electron chi connectivity index (χ1n) is 7.22. The van der Waals surface area contributed by atoms with Crippen LogP contribution in [-0.2, 0) is 6.42 Å². The van der Waals surface area contributed by atoms with E-state index in [9.17, 15) is 0 Å². The minimum Gasteiger partial charge on any atom is -0.493 e. The highest BCUT2D eigenvalue weighted by Gasteiger charge is 2.27. The highest BCUT2D eigenvalue weighted by molar-refractivity contribution is 5.50. The molecule has 3 nitrogen and oxygen atoms in total. The van der Waals surface area contributed by atoms with Gasteiger partial charge in [0.2, 0.25) is 0 Å². The number of fused-ring (bicyclic) bond motifs is 1. The van der Waals surface area contributed by atoms with E-state index in [4.69, 9.17) is 10.00 Å². The first kappa shape index (κ1) is 13.5. The average Bonchev–Trinajstić information content (AvgIpc) is 2.52. The lowest BCUT2D eigenvalue weighted by Crippen LogP contribution is -2.28. The van der Waals surface area contributed by atoms with Gasteiger partial charge in [0.05, 0.1) is 25.1 Å². The first-order valence-corrected chi connectivity index (χ1v) is 7.22. The van der Waals surface area contributed by atoms with Crippen LogP contribution in [0, 0.1) is 17.2 Å². The molecule has 1 aliphatic heterocycles. The van der Waals surface area contributed by atoms with E-state index in [2.05, 4.69) is 24.4 Å². The van der Waals surface area contributed by atoms with Crippen molar-refractivity contribution in [3.05, 3.63) is 59.7 Å². The van der Waals surface area contributed by atoms with Crippen LogP contribution in [0.25, 0.3) is 0 Å². The van der Waals surface area contributed by atoms with Gasteiger partial charge in [-0.3, -0.25) is 0 Å². The first-order chi connectivity index (χ1) is 10.3. The molecule has 0 bridgehead atoms. The molecule has 1 N–H and O–H groups in total. The van der Waals surface area contributed by atoms with Crippen LogP contribution in [0.5, 0.6) is 5.75 Å². The van der Waals surface area contributed by atoms with Gasteiger partial charge in [-0.15, -0.1) is 0 Å². The van der Waals surface area contributed by atoms with Gasteiger partial charge in [-0.05, 0) is 23.8 Å². The molecule has 0 saturated carbocycles. The Bertz CT molecular complexity index is 658. The molecule has 3 rings (SSSR count). The summed E-state index contributed by atoms with van der Waals surface area (Å²) in [6.45, 7) is 2.92. The number of hydrogen-bond donors (Lipinski definition) is 1. The summed E-state index contributed by atoms with van der Waals surface area (Å²) < 4.78 is 5.78. The number of nitrogens with zero attached hydrogens (tertiary/aromatic N) is 1. The molecule has 2 unspecified atom stereocenters. The Morgan fingerprint density at radius 1 is 1.19 bits per heavy atom. The van der Waals surface area contributed by atoms with Crippen LogP contribution in [0.1, 0.15) is 24.1 Å². The lowest BCUT2D eigenvalue weighted by Gasteiger charge is -2.32. The van der Waals surface area contributed by atoms with Crippen molar-refractivity contribution < 1.29 is 4.74 Å². The van der Waals surface area contributed by atoms with E-state index in [0.717, 1.165) is 23.6 Å². The Labute approximate surface area is 125 Å². The third kappa shape index (κ3) is 2.85. The second kappa shape index (κ2) is 5.88. The lowest BCUT2D eigenvalue weighted by atomic mass is 9.92. The summed E-state index contributed by atoms with van der Waals surface area (Å²) >= 11 is 0. The topological polar surface area (TPSA) is 45.0 Å². The van der Waals surface area contributed by atoms with E-state index in [1.54, 1.807) is 0 Å². The van der Waals surface area contributed by atoms with Gasteiger partial charge in [0.1, 0.15) is 5.75 Å². The fourth-order valence-electron chi connectivity index (χ4n) is 2.70. The summed E-state index contributed by atoms with van der Waals surface area (Å²) in [6, 6.07) is 18.7. The number of rotatable bonds is 3. The molecule has 106 valence electrons. The molecule has 0 fully saturated rings. The van der Waals surface area contributed by atoms with E-state index in [0.29, 0.717) is 12.3 Å². The fraction of sp³-hybridized carbons (Fsp3) is 0.278. The monoisotopic (exact) mass is 278 g/mol. The zero-order valence-corrected chi connectivity index (χ0v) is 12.0. The molecule has 3 heteroatoms. The number of ether oxygens (including phenoxy) is 1. The van der Waals surface area contributed by atoms with Gasteiger partial charge in [-0.25, -0.2) is 0 Å². The van der Waals surface area contributed by atoms with E-state index in [-0.39, 0.29) is 6.04 Å². The van der Waals surface area contributed by atoms with Gasteiger partial charge in [-0.1, -0.05) is 37.3 Å². The second-order valence-corrected chi connectivity index (χ2v) is 5.48. The molecule has 0 aliphatic carbocycles. The maximum atomic E-state index is 8.71. The standard InChI is InChI=1S/C18H18N2O/c1-13-12-21-17-5-3-2-4-16(17)18(13)20-15-8-6-14(7-9-15)10-11-19/h2-9,13,18,20H,10,12H2,1H3. The van der Waals surface area contributed by atoms with Crippen molar-refractivity contribution in [2.45, 2.75) is 19.4 Å². The van der Waals surface area contributed by atoms with Crippen molar-refractivity contribution in [2.75, 3.05) is 11.9 Å². The highest BCUT2D eigenvalue weighted by Crippen LogP contribution is 2.37. The fourth-order valence-corrected chi connectivity index (χ4v) is 2.70. The molecule has 0 spiro atoms. The van der Waals surface area contributed by atoms with Gasteiger partial charge in [0.15, 0.2) is 0 Å². The number of benzene rings is 2. The number of nitrogens with one attached hydrogen (secondary N) is 1. The number of hydrogen-bond acceptors (Lipinski definition) is 3. The molecule has 2 aromatic rings. The molecule has 0 saturated heterocycles. The van der Waals surface area contributed by atoms with E-state index in [1.807, 2.05) is 42.5 Å². The van der Waals surface area contributed by atoms with E-state index in [1.165, 1.54) is 5.56 Å². The molecule has 0 aromatic heterocycles. The number of nitriles is 1. The van der Waals surface area contributed by atoms with Crippen molar-refractivity contribution in [1.29, 1.82) is 5.26 Å². The minimum absolute atomic E-state index is 0.247. The zero-order chi connectivity index (χ0) is 14.7. The Balaban J connectivity index is 1.82. The largest absolute Gasteiger partial charge is 0.493 e. The van der Waals surface area contributed by atoms with Crippen LogP contribution in [0.2, 0.25) is 0 Å². The van der Waals surface area contributed by atoms with Gasteiger partial charge >= 0.3 is 0 Å². The number of para-hydroxylation sites is 1. The van der Waals surface area contributed by atoms with Crippen LogP contribution in [-0.4, -0.2) is 6.61 Å². The van der Waals surface area contributed by atoms with E-state index >= 15 is 0 Å². The summed E-state index contributed by atoms with van der Waals surface area (Å²) in [7, 11) is 0. The average molecular weight is 278 g/mol. The second-order valence-electron chi connectivity index (χ2n) is 5.48. The molecule has 2 atom stereocenters. The molecule has 1 heterocycles. The molecular formula is C18H18N2O. The van der Waals surface area contributed by atoms with Crippen molar-refractivity contribution >= 4 is 5.69 Å². The Morgan fingerprint density at radius 3 is 2.71 bits per heavy atom. The number of anilines is 1. The molecule has 0 amide bonds. The summed E-state index contributed by atoms with van der Waals surface area (Å²) in [5.41, 5.74) is 3.33. The smallest absolute Gasteiger partial charge is 0.124 e. The van der Waals surface area contributed by atoms with Crippen LogP contribution in [0.3, 0.4) is 0 Å². The predicted octanol–water partition coefficient (Wildman–Crippen LogP) is 3.93. The molecular weight excluding hydrogens is 260 g/mol. The van der Waals surface area contributed by atoms with Gasteiger partial charge in [-0.2, -0.15) is 5.26 Å². The Hall–Kier alpha value is -2.47. The van der Waals surface area contributed by atoms with Gasteiger partial charge in [0, 0.05) is 17.2 Å². The SMILES string of the molecule is CC1COc2ccccc2C1Nc1ccc(CC#N)cc1. The van der Waals surface area contributed by atoms with Gasteiger partial charge < -0.3 is 10.1 Å².